The van der Waals surface area contributed by atoms with Crippen molar-refractivity contribution in [3.63, 3.8) is 0 Å². The molecule has 382 valence electrons. The van der Waals surface area contributed by atoms with E-state index in [0.29, 0.717) is 26.2 Å². The summed E-state index contributed by atoms with van der Waals surface area (Å²) in [5.74, 6) is -1.51. The molecule has 0 aliphatic rings. The first kappa shape index (κ1) is 61.1. The van der Waals surface area contributed by atoms with E-state index in [9.17, 15) is 19.2 Å². The van der Waals surface area contributed by atoms with Crippen molar-refractivity contribution in [3.05, 3.63) is 34.4 Å². The van der Waals surface area contributed by atoms with Crippen LogP contribution in [-0.2, 0) is 0 Å². The molecule has 0 unspecified atom stereocenters. The molecule has 1 aromatic rings. The topological polar surface area (TPSA) is 116 Å². The van der Waals surface area contributed by atoms with E-state index in [1.165, 1.54) is 192 Å². The van der Waals surface area contributed by atoms with Crippen LogP contribution < -0.4 is 21.3 Å². The highest BCUT2D eigenvalue weighted by Gasteiger charge is 2.26. The van der Waals surface area contributed by atoms with Gasteiger partial charge in [-0.15, -0.1) is 0 Å². The van der Waals surface area contributed by atoms with Gasteiger partial charge in [-0.25, -0.2) is 0 Å². The average molecular weight is 924 g/mol. The zero-order valence-electron chi connectivity index (χ0n) is 43.9. The summed E-state index contributed by atoms with van der Waals surface area (Å²) in [5, 5.41) is 12.2. The van der Waals surface area contributed by atoms with E-state index >= 15 is 0 Å². The summed E-state index contributed by atoms with van der Waals surface area (Å²) >= 11 is 0. The summed E-state index contributed by atoms with van der Waals surface area (Å²) in [5.41, 5.74) is 0.604. The summed E-state index contributed by atoms with van der Waals surface area (Å²) in [4.78, 5) is 55.9. The second kappa shape index (κ2) is 45.9. The van der Waals surface area contributed by atoms with E-state index < -0.39 is 0 Å². The third-order valence-corrected chi connectivity index (χ3v) is 13.4. The number of amides is 4. The molecular weight excluding hydrogens is 817 g/mol. The standard InChI is InChI=1S/C58H106N4O4/c1-5-9-13-17-21-25-29-33-37-41-45-59-55(63)51-49-53(57(65)61-47-43-39-35-31-27-23-19-15-11-7-3)54(58(66)62-48-44-40-36-32-28-24-20-16-12-8-4)50-52(51)56(64)60-46-42-38-34-30-26-22-18-14-10-6-2/h49-50H,5-48H2,1-4H3,(H,59,63)(H,60,64)(H,61,65)(H,62,66). The van der Waals surface area contributed by atoms with Gasteiger partial charge in [-0.3, -0.25) is 19.2 Å². The van der Waals surface area contributed by atoms with Gasteiger partial charge >= 0.3 is 0 Å². The van der Waals surface area contributed by atoms with Crippen LogP contribution in [0.2, 0.25) is 0 Å². The zero-order valence-corrected chi connectivity index (χ0v) is 43.9. The summed E-state index contributed by atoms with van der Waals surface area (Å²) in [6.45, 7) is 11.0. The molecule has 1 rings (SSSR count). The monoisotopic (exact) mass is 923 g/mol. The lowest BCUT2D eigenvalue weighted by Crippen LogP contribution is -2.34. The molecule has 0 aliphatic carbocycles. The van der Waals surface area contributed by atoms with Crippen LogP contribution in [0.1, 0.15) is 326 Å². The first-order chi connectivity index (χ1) is 32.4. The van der Waals surface area contributed by atoms with Gasteiger partial charge in [-0.05, 0) is 37.8 Å². The fourth-order valence-electron chi connectivity index (χ4n) is 8.99. The van der Waals surface area contributed by atoms with Crippen LogP contribution in [0, 0.1) is 0 Å². The average Bonchev–Trinajstić information content (AvgIpc) is 3.32. The van der Waals surface area contributed by atoms with Gasteiger partial charge in [0.25, 0.3) is 23.6 Å². The number of benzene rings is 1. The summed E-state index contributed by atoms with van der Waals surface area (Å²) < 4.78 is 0. The van der Waals surface area contributed by atoms with Gasteiger partial charge in [0.05, 0.1) is 22.3 Å². The Morgan fingerprint density at radius 2 is 0.379 bits per heavy atom. The molecule has 0 spiro atoms. The van der Waals surface area contributed by atoms with Gasteiger partial charge < -0.3 is 21.3 Å². The van der Waals surface area contributed by atoms with E-state index in [0.717, 1.165) is 77.0 Å². The third-order valence-electron chi connectivity index (χ3n) is 13.4. The lowest BCUT2D eigenvalue weighted by Gasteiger charge is -2.17. The fourth-order valence-corrected chi connectivity index (χ4v) is 8.99. The van der Waals surface area contributed by atoms with Crippen molar-refractivity contribution in [2.24, 2.45) is 0 Å². The molecule has 0 saturated heterocycles. The maximum absolute atomic E-state index is 14.0. The first-order valence-corrected chi connectivity index (χ1v) is 28.7. The SMILES string of the molecule is CCCCCCCCCCCCNC(=O)c1cc(C(=O)NCCCCCCCCCCCC)c(C(=O)NCCCCCCCCCCCC)cc1C(=O)NCCCCCCCCCCCC. The van der Waals surface area contributed by atoms with Gasteiger partial charge in [0, 0.05) is 26.2 Å². The third kappa shape index (κ3) is 33.6. The van der Waals surface area contributed by atoms with Crippen molar-refractivity contribution in [2.75, 3.05) is 26.2 Å². The Balaban J connectivity index is 3.07. The number of carbonyl (C=O) groups is 4. The van der Waals surface area contributed by atoms with Crippen LogP contribution in [0.3, 0.4) is 0 Å². The lowest BCUT2D eigenvalue weighted by molar-refractivity contribution is 0.0907. The Morgan fingerprint density at radius 1 is 0.242 bits per heavy atom. The maximum atomic E-state index is 14.0. The molecule has 4 amide bonds. The lowest BCUT2D eigenvalue weighted by atomic mass is 9.95. The Bertz CT molecular complexity index is 1140. The molecule has 0 radical (unpaired) electrons. The van der Waals surface area contributed by atoms with E-state index in [4.69, 9.17) is 0 Å². The van der Waals surface area contributed by atoms with Crippen LogP contribution in [0.4, 0.5) is 0 Å². The van der Waals surface area contributed by atoms with Gasteiger partial charge in [0.15, 0.2) is 0 Å². The van der Waals surface area contributed by atoms with Crippen molar-refractivity contribution in [1.29, 1.82) is 0 Å². The predicted molar refractivity (Wildman–Crippen MR) is 283 cm³/mol. The van der Waals surface area contributed by atoms with E-state index in [1.807, 2.05) is 0 Å². The molecule has 0 heterocycles. The molecule has 0 saturated carbocycles. The quantitative estimate of drug-likeness (QED) is 0.0487. The second-order valence-electron chi connectivity index (χ2n) is 19.7. The van der Waals surface area contributed by atoms with Gasteiger partial charge in [0.2, 0.25) is 0 Å². The van der Waals surface area contributed by atoms with Crippen LogP contribution in [0.15, 0.2) is 12.1 Å². The number of hydrogen-bond acceptors (Lipinski definition) is 4. The minimum atomic E-state index is -0.379. The van der Waals surface area contributed by atoms with E-state index in [2.05, 4.69) is 49.0 Å². The maximum Gasteiger partial charge on any atom is 0.252 e. The van der Waals surface area contributed by atoms with Gasteiger partial charge in [-0.2, -0.15) is 0 Å². The molecule has 0 atom stereocenters. The number of nitrogens with one attached hydrogen (secondary N) is 4. The van der Waals surface area contributed by atoms with Crippen LogP contribution >= 0.6 is 0 Å². The predicted octanol–water partition coefficient (Wildman–Crippen LogP) is 16.3. The number of rotatable bonds is 48. The molecule has 0 aromatic heterocycles. The van der Waals surface area contributed by atoms with Crippen molar-refractivity contribution in [3.8, 4) is 0 Å². The Morgan fingerprint density at radius 3 is 0.530 bits per heavy atom. The molecule has 1 aromatic carbocycles. The summed E-state index contributed by atoms with van der Waals surface area (Å²) in [7, 11) is 0. The molecule has 0 bridgehead atoms. The molecule has 0 aliphatic heterocycles. The normalized spacial score (nSPS) is 11.2. The Hall–Kier alpha value is -2.90. The fraction of sp³-hybridized carbons (Fsp3) is 0.828. The minimum absolute atomic E-state index is 0.151. The number of unbranched alkanes of at least 4 members (excludes halogenated alkanes) is 36. The van der Waals surface area contributed by atoms with E-state index in [-0.39, 0.29) is 45.9 Å². The summed E-state index contributed by atoms with van der Waals surface area (Å²) in [6, 6.07) is 3.01. The van der Waals surface area contributed by atoms with Crippen LogP contribution in [0.5, 0.6) is 0 Å². The molecular formula is C58H106N4O4. The number of hydrogen-bond donors (Lipinski definition) is 4. The molecule has 66 heavy (non-hydrogen) atoms. The molecule has 8 nitrogen and oxygen atoms in total. The Kier molecular flexibility index (Phi) is 42.5. The van der Waals surface area contributed by atoms with E-state index in [1.54, 1.807) is 0 Å². The molecule has 0 fully saturated rings. The highest BCUT2D eigenvalue weighted by atomic mass is 16.2. The zero-order chi connectivity index (χ0) is 48.0. The summed E-state index contributed by atoms with van der Waals surface area (Å²) in [6.07, 6.45) is 48.1. The first-order valence-electron chi connectivity index (χ1n) is 28.7. The second-order valence-corrected chi connectivity index (χ2v) is 19.7. The molecule has 4 N–H and O–H groups in total. The highest BCUT2D eigenvalue weighted by molar-refractivity contribution is 6.14. The van der Waals surface area contributed by atoms with Gasteiger partial charge in [-0.1, -0.05) is 259 Å². The highest BCUT2D eigenvalue weighted by Crippen LogP contribution is 2.21. The Labute approximate surface area is 407 Å². The van der Waals surface area contributed by atoms with Crippen molar-refractivity contribution in [1.82, 2.24) is 21.3 Å². The van der Waals surface area contributed by atoms with Gasteiger partial charge in [0.1, 0.15) is 0 Å². The molecule has 8 heteroatoms. The minimum Gasteiger partial charge on any atom is -0.352 e. The van der Waals surface area contributed by atoms with Crippen molar-refractivity contribution < 1.29 is 19.2 Å². The number of carbonyl (C=O) groups excluding carboxylic acids is 4. The van der Waals surface area contributed by atoms with Crippen molar-refractivity contribution in [2.45, 2.75) is 285 Å². The largest absolute Gasteiger partial charge is 0.352 e. The smallest absolute Gasteiger partial charge is 0.252 e. The van der Waals surface area contributed by atoms with Crippen molar-refractivity contribution >= 4 is 23.6 Å². The van der Waals surface area contributed by atoms with Crippen LogP contribution in [-0.4, -0.2) is 49.8 Å². The van der Waals surface area contributed by atoms with Crippen LogP contribution in [0.25, 0.3) is 0 Å².